The largest absolute Gasteiger partial charge is 0.490 e. The Hall–Kier alpha value is -2.91. The number of nitrogens with one attached hydrogen (secondary N) is 1. The number of rotatable bonds is 8. The van der Waals surface area contributed by atoms with E-state index in [4.69, 9.17) is 16.3 Å². The van der Waals surface area contributed by atoms with Crippen LogP contribution in [0.25, 0.3) is 11.4 Å². The summed E-state index contributed by atoms with van der Waals surface area (Å²) in [6, 6.07) is 13.2. The number of aromatic nitrogens is 3. The Morgan fingerprint density at radius 2 is 1.83 bits per heavy atom. The van der Waals surface area contributed by atoms with Crippen molar-refractivity contribution in [1.82, 2.24) is 19.7 Å². The quantitative estimate of drug-likeness (QED) is 0.465. The van der Waals surface area contributed by atoms with Crippen LogP contribution in [0.3, 0.4) is 0 Å². The molecule has 1 spiro atoms. The van der Waals surface area contributed by atoms with E-state index in [1.807, 2.05) is 68.5 Å². The lowest BCUT2D eigenvalue weighted by atomic mass is 9.61. The van der Waals surface area contributed by atoms with Crippen LogP contribution in [0.2, 0.25) is 5.02 Å². The molecule has 7 nitrogen and oxygen atoms in total. The number of alkyl halides is 2. The van der Waals surface area contributed by atoms with Crippen molar-refractivity contribution in [3.63, 3.8) is 0 Å². The minimum absolute atomic E-state index is 0.0212. The predicted octanol–water partition coefficient (Wildman–Crippen LogP) is 5.06. The van der Waals surface area contributed by atoms with Crippen LogP contribution < -0.4 is 15.0 Å². The molecule has 1 aliphatic carbocycles. The monoisotopic (exact) mass is 502 g/mol. The SMILES string of the molecule is CN(C)CCOc1cc(-c2nc(Nc3ccc(Cl)cc3)n(C)n2)ccc1N1CC2(C1)CC(F)(F)C2. The van der Waals surface area contributed by atoms with E-state index in [9.17, 15) is 8.78 Å². The van der Waals surface area contributed by atoms with Crippen LogP contribution in [0.1, 0.15) is 12.8 Å². The second kappa shape index (κ2) is 8.95. The first-order valence-corrected chi connectivity index (χ1v) is 12.0. The summed E-state index contributed by atoms with van der Waals surface area (Å²) in [7, 11) is 5.80. The van der Waals surface area contributed by atoms with E-state index in [0.717, 1.165) is 23.5 Å². The number of likely N-dealkylation sites (N-methyl/N-ethyl adjacent to an activating group) is 1. The van der Waals surface area contributed by atoms with Crippen molar-refractivity contribution in [2.75, 3.05) is 50.6 Å². The minimum atomic E-state index is -2.51. The van der Waals surface area contributed by atoms with Crippen LogP contribution in [-0.4, -0.2) is 65.9 Å². The molecule has 2 fully saturated rings. The molecule has 5 rings (SSSR count). The first-order valence-electron chi connectivity index (χ1n) is 11.6. The van der Waals surface area contributed by atoms with E-state index >= 15 is 0 Å². The Labute approximate surface area is 208 Å². The van der Waals surface area contributed by atoms with E-state index in [0.29, 0.717) is 42.2 Å². The average molecular weight is 503 g/mol. The van der Waals surface area contributed by atoms with Gasteiger partial charge in [0.1, 0.15) is 12.4 Å². The van der Waals surface area contributed by atoms with E-state index in [-0.39, 0.29) is 18.3 Å². The molecule has 0 atom stereocenters. The maximum atomic E-state index is 13.5. The third-order valence-electron chi connectivity index (χ3n) is 6.54. The molecular weight excluding hydrogens is 474 g/mol. The Morgan fingerprint density at radius 3 is 2.49 bits per heavy atom. The van der Waals surface area contributed by atoms with Gasteiger partial charge in [0.05, 0.1) is 5.69 Å². The fraction of sp³-hybridized carbons (Fsp3) is 0.440. The van der Waals surface area contributed by atoms with Crippen molar-refractivity contribution in [3.8, 4) is 17.1 Å². The van der Waals surface area contributed by atoms with Gasteiger partial charge in [0.25, 0.3) is 0 Å². The van der Waals surface area contributed by atoms with Gasteiger partial charge in [0.15, 0.2) is 5.82 Å². The van der Waals surface area contributed by atoms with Crippen molar-refractivity contribution in [3.05, 3.63) is 47.5 Å². The van der Waals surface area contributed by atoms with Crippen LogP contribution >= 0.6 is 11.6 Å². The first-order chi connectivity index (χ1) is 16.6. The van der Waals surface area contributed by atoms with E-state index in [1.54, 1.807) is 4.68 Å². The van der Waals surface area contributed by atoms with Crippen LogP contribution in [-0.2, 0) is 7.05 Å². The lowest BCUT2D eigenvalue weighted by molar-refractivity contribution is -0.170. The van der Waals surface area contributed by atoms with Gasteiger partial charge in [0.2, 0.25) is 11.9 Å². The van der Waals surface area contributed by atoms with Gasteiger partial charge in [-0.3, -0.25) is 0 Å². The summed E-state index contributed by atoms with van der Waals surface area (Å²) in [4.78, 5) is 8.84. The standard InChI is InChI=1S/C25H29ClF2N6O/c1-32(2)10-11-35-21-12-17(4-9-20(21)34-15-24(16-34)13-25(27,28)14-24)22-30-23(33(3)31-22)29-19-7-5-18(26)6-8-19/h4-9,12H,10-11,13-16H2,1-3H3,(H,29,30,31). The highest BCUT2D eigenvalue weighted by atomic mass is 35.5. The van der Waals surface area contributed by atoms with Gasteiger partial charge in [-0.05, 0) is 56.6 Å². The van der Waals surface area contributed by atoms with Crippen molar-refractivity contribution in [2.45, 2.75) is 18.8 Å². The number of nitrogens with zero attached hydrogens (tertiary/aromatic N) is 5. The average Bonchev–Trinajstić information content (AvgIpc) is 3.12. The molecule has 2 heterocycles. The van der Waals surface area contributed by atoms with Crippen LogP contribution in [0.5, 0.6) is 5.75 Å². The number of benzene rings is 2. The molecule has 1 saturated heterocycles. The second-order valence-corrected chi connectivity index (χ2v) is 10.4. The van der Waals surface area contributed by atoms with Crippen molar-refractivity contribution >= 4 is 28.9 Å². The number of aryl methyl sites for hydroxylation is 1. The van der Waals surface area contributed by atoms with Gasteiger partial charge in [0, 0.05) is 61.2 Å². The molecule has 35 heavy (non-hydrogen) atoms. The number of hydrogen-bond acceptors (Lipinski definition) is 6. The lowest BCUT2D eigenvalue weighted by Gasteiger charge is -2.59. The summed E-state index contributed by atoms with van der Waals surface area (Å²) in [5, 5.41) is 8.48. The fourth-order valence-electron chi connectivity index (χ4n) is 4.85. The number of hydrogen-bond donors (Lipinski definition) is 1. The molecule has 0 unspecified atom stereocenters. The third kappa shape index (κ3) is 5.06. The zero-order chi connectivity index (χ0) is 24.8. The van der Waals surface area contributed by atoms with Crippen molar-refractivity contribution in [1.29, 1.82) is 0 Å². The molecule has 1 aromatic heterocycles. The summed E-state index contributed by atoms with van der Waals surface area (Å²) in [5.74, 6) is -0.641. The summed E-state index contributed by atoms with van der Waals surface area (Å²) < 4.78 is 34.8. The topological polar surface area (TPSA) is 58.5 Å². The molecule has 3 aromatic rings. The Kier molecular flexibility index (Phi) is 6.09. The number of anilines is 3. The Morgan fingerprint density at radius 1 is 1.11 bits per heavy atom. The molecule has 1 aliphatic heterocycles. The normalized spacial score (nSPS) is 17.9. The summed E-state index contributed by atoms with van der Waals surface area (Å²) in [6.45, 7) is 2.53. The van der Waals surface area contributed by atoms with Crippen LogP contribution in [0.15, 0.2) is 42.5 Å². The Balaban J connectivity index is 1.36. The summed E-state index contributed by atoms with van der Waals surface area (Å²) in [5.41, 5.74) is 2.34. The molecule has 186 valence electrons. The fourth-order valence-corrected chi connectivity index (χ4v) is 4.98. The first kappa shape index (κ1) is 23.8. The van der Waals surface area contributed by atoms with E-state index in [2.05, 4.69) is 20.3 Å². The van der Waals surface area contributed by atoms with Gasteiger partial charge >= 0.3 is 0 Å². The number of ether oxygens (including phenoxy) is 1. The van der Waals surface area contributed by atoms with Crippen LogP contribution in [0.4, 0.5) is 26.1 Å². The predicted molar refractivity (Wildman–Crippen MR) is 134 cm³/mol. The minimum Gasteiger partial charge on any atom is -0.490 e. The molecule has 10 heteroatoms. The molecule has 2 aliphatic rings. The highest BCUT2D eigenvalue weighted by molar-refractivity contribution is 6.30. The lowest BCUT2D eigenvalue weighted by Crippen LogP contribution is -2.66. The highest BCUT2D eigenvalue weighted by Crippen LogP contribution is 2.58. The molecule has 0 bridgehead atoms. The van der Waals surface area contributed by atoms with Crippen molar-refractivity contribution in [2.24, 2.45) is 12.5 Å². The molecular formula is C25H29ClF2N6O. The zero-order valence-electron chi connectivity index (χ0n) is 20.1. The molecule has 0 radical (unpaired) electrons. The second-order valence-electron chi connectivity index (χ2n) is 9.91. The molecule has 2 aromatic carbocycles. The van der Waals surface area contributed by atoms with Gasteiger partial charge in [-0.15, -0.1) is 5.10 Å². The third-order valence-corrected chi connectivity index (χ3v) is 6.79. The highest BCUT2D eigenvalue weighted by Gasteiger charge is 2.61. The van der Waals surface area contributed by atoms with Gasteiger partial charge in [-0.2, -0.15) is 4.98 Å². The number of halogens is 3. The molecule has 0 amide bonds. The van der Waals surface area contributed by atoms with E-state index < -0.39 is 5.92 Å². The summed E-state index contributed by atoms with van der Waals surface area (Å²) >= 11 is 5.98. The smallest absolute Gasteiger partial charge is 0.249 e. The Bertz CT molecular complexity index is 1200. The molecule has 1 saturated carbocycles. The molecule has 1 N–H and O–H groups in total. The maximum Gasteiger partial charge on any atom is 0.249 e. The van der Waals surface area contributed by atoms with Gasteiger partial charge in [-0.25, -0.2) is 13.5 Å². The van der Waals surface area contributed by atoms with Gasteiger partial charge in [-0.1, -0.05) is 11.6 Å². The zero-order valence-corrected chi connectivity index (χ0v) is 20.8. The van der Waals surface area contributed by atoms with Gasteiger partial charge < -0.3 is 19.9 Å². The van der Waals surface area contributed by atoms with E-state index in [1.165, 1.54) is 0 Å². The summed E-state index contributed by atoms with van der Waals surface area (Å²) in [6.07, 6.45) is -0.0424. The maximum absolute atomic E-state index is 13.5. The van der Waals surface area contributed by atoms with Crippen molar-refractivity contribution < 1.29 is 13.5 Å². The van der Waals surface area contributed by atoms with Crippen LogP contribution in [0, 0.1) is 5.41 Å².